The summed E-state index contributed by atoms with van der Waals surface area (Å²) in [5.74, 6) is -9.27. The number of rotatable bonds is 9. The first kappa shape index (κ1) is 17.9. The van der Waals surface area contributed by atoms with Crippen molar-refractivity contribution in [1.29, 1.82) is 0 Å². The second-order valence-corrected chi connectivity index (χ2v) is 5.06. The Labute approximate surface area is 121 Å². The van der Waals surface area contributed by atoms with Crippen molar-refractivity contribution in [3.63, 3.8) is 0 Å². The average molecular weight is 309 g/mol. The molecule has 0 fully saturated rings. The van der Waals surface area contributed by atoms with E-state index in [2.05, 4.69) is 0 Å². The largest absolute Gasteiger partial charge is 0.330 e. The van der Waals surface area contributed by atoms with Crippen molar-refractivity contribution in [2.75, 3.05) is 6.54 Å². The smallest absolute Gasteiger partial charge is 0.200 e. The van der Waals surface area contributed by atoms with Crippen LogP contribution in [-0.4, -0.2) is 6.54 Å². The maximum Gasteiger partial charge on any atom is 0.200 e. The molecule has 6 heteroatoms. The molecule has 0 saturated heterocycles. The highest BCUT2D eigenvalue weighted by Crippen LogP contribution is 2.24. The summed E-state index contributed by atoms with van der Waals surface area (Å²) >= 11 is 0. The van der Waals surface area contributed by atoms with Crippen LogP contribution in [0.2, 0.25) is 0 Å². The maximum atomic E-state index is 13.4. The number of benzene rings is 1. The molecule has 0 aliphatic heterocycles. The van der Waals surface area contributed by atoms with Gasteiger partial charge in [-0.3, -0.25) is 0 Å². The second kappa shape index (κ2) is 8.97. The lowest BCUT2D eigenvalue weighted by Gasteiger charge is -2.08. The highest BCUT2D eigenvalue weighted by atomic mass is 19.2. The molecule has 0 spiro atoms. The quantitative estimate of drug-likeness (QED) is 0.306. The fourth-order valence-electron chi connectivity index (χ4n) is 2.20. The summed E-state index contributed by atoms with van der Waals surface area (Å²) < 4.78 is 65.6. The number of hydrogen-bond donors (Lipinski definition) is 1. The van der Waals surface area contributed by atoms with Crippen molar-refractivity contribution in [2.24, 2.45) is 5.73 Å². The molecule has 0 unspecified atom stereocenters. The Kier molecular flexibility index (Phi) is 7.64. The van der Waals surface area contributed by atoms with Crippen LogP contribution in [-0.2, 0) is 6.42 Å². The molecule has 2 N–H and O–H groups in total. The van der Waals surface area contributed by atoms with Crippen molar-refractivity contribution in [3.8, 4) is 0 Å². The molecule has 0 amide bonds. The summed E-state index contributed by atoms with van der Waals surface area (Å²) in [7, 11) is 0. The normalized spacial score (nSPS) is 11.1. The monoisotopic (exact) mass is 309 g/mol. The molecule has 120 valence electrons. The van der Waals surface area contributed by atoms with Crippen LogP contribution in [0.15, 0.2) is 0 Å². The summed E-state index contributed by atoms with van der Waals surface area (Å²) in [6.07, 6.45) is 5.88. The lowest BCUT2D eigenvalue weighted by molar-refractivity contribution is 0.368. The first-order valence-electron chi connectivity index (χ1n) is 7.21. The van der Waals surface area contributed by atoms with Crippen molar-refractivity contribution in [3.05, 3.63) is 34.6 Å². The molecule has 1 aromatic rings. The van der Waals surface area contributed by atoms with E-state index in [0.29, 0.717) is 19.4 Å². The molecular formula is C15H20F5N. The molecule has 1 aromatic carbocycles. The molecule has 0 aliphatic carbocycles. The van der Waals surface area contributed by atoms with Gasteiger partial charge in [-0.2, -0.15) is 0 Å². The Hall–Kier alpha value is -1.17. The number of nitrogens with two attached hydrogens (primary N) is 1. The van der Waals surface area contributed by atoms with Crippen LogP contribution in [0.3, 0.4) is 0 Å². The van der Waals surface area contributed by atoms with E-state index >= 15 is 0 Å². The van der Waals surface area contributed by atoms with E-state index in [4.69, 9.17) is 5.73 Å². The van der Waals surface area contributed by atoms with Gasteiger partial charge in [0.15, 0.2) is 23.3 Å². The molecule has 1 nitrogen and oxygen atoms in total. The Morgan fingerprint density at radius 2 is 0.905 bits per heavy atom. The summed E-state index contributed by atoms with van der Waals surface area (Å²) in [6, 6.07) is 0. The lowest BCUT2D eigenvalue weighted by Crippen LogP contribution is -2.07. The average Bonchev–Trinajstić information content (AvgIpc) is 2.49. The molecule has 0 atom stereocenters. The fraction of sp³-hybridized carbons (Fsp3) is 0.600. The molecule has 21 heavy (non-hydrogen) atoms. The summed E-state index contributed by atoms with van der Waals surface area (Å²) in [6.45, 7) is 0.667. The van der Waals surface area contributed by atoms with Gasteiger partial charge in [-0.1, -0.05) is 32.1 Å². The van der Waals surface area contributed by atoms with Crippen LogP contribution in [0.5, 0.6) is 0 Å². The molecule has 0 saturated carbocycles. The molecular weight excluding hydrogens is 289 g/mol. The first-order chi connectivity index (χ1) is 10.0. The van der Waals surface area contributed by atoms with E-state index in [1.807, 2.05) is 0 Å². The van der Waals surface area contributed by atoms with Gasteiger partial charge in [0, 0.05) is 5.56 Å². The van der Waals surface area contributed by atoms with Gasteiger partial charge >= 0.3 is 0 Å². The van der Waals surface area contributed by atoms with Crippen LogP contribution >= 0.6 is 0 Å². The summed E-state index contributed by atoms with van der Waals surface area (Å²) in [5, 5.41) is 0. The number of unbranched alkanes of at least 4 members (excludes halogenated alkanes) is 6. The van der Waals surface area contributed by atoms with Crippen LogP contribution < -0.4 is 5.73 Å². The van der Waals surface area contributed by atoms with Gasteiger partial charge in [-0.05, 0) is 25.8 Å². The maximum absolute atomic E-state index is 13.4. The Morgan fingerprint density at radius 3 is 1.38 bits per heavy atom. The fourth-order valence-corrected chi connectivity index (χ4v) is 2.20. The second-order valence-electron chi connectivity index (χ2n) is 5.06. The van der Waals surface area contributed by atoms with E-state index in [1.165, 1.54) is 0 Å². The van der Waals surface area contributed by atoms with E-state index in [1.54, 1.807) is 0 Å². The number of hydrogen-bond acceptors (Lipinski definition) is 1. The van der Waals surface area contributed by atoms with Gasteiger partial charge < -0.3 is 5.73 Å². The topological polar surface area (TPSA) is 26.0 Å². The zero-order valence-corrected chi connectivity index (χ0v) is 11.8. The van der Waals surface area contributed by atoms with E-state index in [0.717, 1.165) is 32.1 Å². The van der Waals surface area contributed by atoms with Gasteiger partial charge in [-0.15, -0.1) is 0 Å². The Bertz CT molecular complexity index is 433. The van der Waals surface area contributed by atoms with E-state index < -0.39 is 34.6 Å². The van der Waals surface area contributed by atoms with Crippen molar-refractivity contribution >= 4 is 0 Å². The van der Waals surface area contributed by atoms with Crippen LogP contribution in [0, 0.1) is 29.1 Å². The molecule has 0 heterocycles. The zero-order valence-electron chi connectivity index (χ0n) is 11.8. The standard InChI is InChI=1S/C15H20F5N/c16-11-10(12(17)14(19)15(20)13(11)18)8-6-4-2-1-3-5-7-9-21/h1-9,21H2. The summed E-state index contributed by atoms with van der Waals surface area (Å²) in [5.41, 5.74) is 4.65. The first-order valence-corrected chi connectivity index (χ1v) is 7.21. The van der Waals surface area contributed by atoms with Crippen molar-refractivity contribution in [1.82, 2.24) is 0 Å². The van der Waals surface area contributed by atoms with Gasteiger partial charge in [0.2, 0.25) is 5.82 Å². The van der Waals surface area contributed by atoms with Gasteiger partial charge in [-0.25, -0.2) is 22.0 Å². The third-order valence-corrected chi connectivity index (χ3v) is 3.43. The molecule has 1 rings (SSSR count). The minimum atomic E-state index is -2.10. The van der Waals surface area contributed by atoms with Crippen LogP contribution in [0.4, 0.5) is 22.0 Å². The SMILES string of the molecule is NCCCCCCCCCc1c(F)c(F)c(F)c(F)c1F. The van der Waals surface area contributed by atoms with Gasteiger partial charge in [0.25, 0.3) is 0 Å². The van der Waals surface area contributed by atoms with E-state index in [9.17, 15) is 22.0 Å². The Morgan fingerprint density at radius 1 is 0.524 bits per heavy atom. The lowest BCUT2D eigenvalue weighted by atomic mass is 10.0. The molecule has 0 radical (unpaired) electrons. The minimum Gasteiger partial charge on any atom is -0.330 e. The third-order valence-electron chi connectivity index (χ3n) is 3.43. The highest BCUT2D eigenvalue weighted by molar-refractivity contribution is 5.24. The van der Waals surface area contributed by atoms with Crippen LogP contribution in [0.25, 0.3) is 0 Å². The highest BCUT2D eigenvalue weighted by Gasteiger charge is 2.24. The van der Waals surface area contributed by atoms with Crippen LogP contribution in [0.1, 0.15) is 50.5 Å². The summed E-state index contributed by atoms with van der Waals surface area (Å²) in [4.78, 5) is 0. The predicted molar refractivity (Wildman–Crippen MR) is 71.3 cm³/mol. The van der Waals surface area contributed by atoms with Gasteiger partial charge in [0.1, 0.15) is 0 Å². The molecule has 0 aromatic heterocycles. The zero-order chi connectivity index (χ0) is 15.8. The molecule has 0 bridgehead atoms. The van der Waals surface area contributed by atoms with E-state index in [-0.39, 0.29) is 6.42 Å². The van der Waals surface area contributed by atoms with Crippen molar-refractivity contribution < 1.29 is 22.0 Å². The Balaban J connectivity index is 2.43. The number of halogens is 5. The van der Waals surface area contributed by atoms with Crippen molar-refractivity contribution in [2.45, 2.75) is 51.4 Å². The molecule has 0 aliphatic rings. The predicted octanol–water partition coefficient (Wildman–Crippen LogP) is 4.61. The minimum absolute atomic E-state index is 0.144. The third kappa shape index (κ3) is 4.95. The van der Waals surface area contributed by atoms with Gasteiger partial charge in [0.05, 0.1) is 0 Å².